The molecule has 0 atom stereocenters. The van der Waals surface area contributed by atoms with Crippen LogP contribution < -0.4 is 5.32 Å². The number of amides is 1. The van der Waals surface area contributed by atoms with Gasteiger partial charge in [0.15, 0.2) is 0 Å². The van der Waals surface area contributed by atoms with E-state index in [9.17, 15) is 4.79 Å². The first kappa shape index (κ1) is 13.8. The monoisotopic (exact) mass is 317 g/mol. The lowest BCUT2D eigenvalue weighted by Gasteiger charge is -2.11. The van der Waals surface area contributed by atoms with E-state index < -0.39 is 0 Å². The summed E-state index contributed by atoms with van der Waals surface area (Å²) in [5.41, 5.74) is 4.71. The van der Waals surface area contributed by atoms with Gasteiger partial charge in [-0.25, -0.2) is 0 Å². The van der Waals surface area contributed by atoms with Crippen molar-refractivity contribution in [3.8, 4) is 0 Å². The highest BCUT2D eigenvalue weighted by Crippen LogP contribution is 2.17. The number of alkyl halides is 1. The van der Waals surface area contributed by atoms with Crippen molar-refractivity contribution in [1.29, 1.82) is 0 Å². The third kappa shape index (κ3) is 3.24. The average molecular weight is 318 g/mol. The van der Waals surface area contributed by atoms with Gasteiger partial charge in [-0.3, -0.25) is 4.79 Å². The summed E-state index contributed by atoms with van der Waals surface area (Å²) in [4.78, 5) is 12.3. The largest absolute Gasteiger partial charge is 0.322 e. The van der Waals surface area contributed by atoms with E-state index in [1.807, 2.05) is 56.3 Å². The summed E-state index contributed by atoms with van der Waals surface area (Å²) in [6, 6.07) is 13.7. The summed E-state index contributed by atoms with van der Waals surface area (Å²) in [5.74, 6) is -0.0534. The summed E-state index contributed by atoms with van der Waals surface area (Å²) in [6.07, 6.45) is 0. The summed E-state index contributed by atoms with van der Waals surface area (Å²) < 4.78 is 0. The quantitative estimate of drug-likeness (QED) is 0.832. The Bertz CT molecular complexity index is 587. The first-order valence-electron chi connectivity index (χ1n) is 6.14. The van der Waals surface area contributed by atoms with Gasteiger partial charge in [-0.2, -0.15) is 0 Å². The molecule has 0 unspecified atom stereocenters. The van der Waals surface area contributed by atoms with E-state index in [4.69, 9.17) is 0 Å². The van der Waals surface area contributed by atoms with E-state index in [-0.39, 0.29) is 5.91 Å². The summed E-state index contributed by atoms with van der Waals surface area (Å²) in [5, 5.41) is 3.73. The first-order valence-corrected chi connectivity index (χ1v) is 7.26. The molecule has 0 radical (unpaired) electrons. The molecule has 0 saturated heterocycles. The molecule has 0 heterocycles. The van der Waals surface area contributed by atoms with Crippen LogP contribution in [0.5, 0.6) is 0 Å². The highest BCUT2D eigenvalue weighted by Gasteiger charge is 2.11. The van der Waals surface area contributed by atoms with Crippen molar-refractivity contribution < 1.29 is 4.79 Å². The number of carbonyl (C=O) groups excluding carboxylic acids is 1. The van der Waals surface area contributed by atoms with Crippen molar-refractivity contribution in [2.24, 2.45) is 0 Å². The Morgan fingerprint density at radius 2 is 1.74 bits per heavy atom. The van der Waals surface area contributed by atoms with Gasteiger partial charge in [-0.1, -0.05) is 46.3 Å². The van der Waals surface area contributed by atoms with Gasteiger partial charge in [-0.15, -0.1) is 0 Å². The fourth-order valence-corrected chi connectivity index (χ4v) is 2.45. The van der Waals surface area contributed by atoms with Crippen LogP contribution in [0.2, 0.25) is 0 Å². The zero-order chi connectivity index (χ0) is 13.8. The van der Waals surface area contributed by atoms with Gasteiger partial charge in [0.2, 0.25) is 0 Å². The zero-order valence-corrected chi connectivity index (χ0v) is 12.6. The maximum Gasteiger partial charge on any atom is 0.256 e. The Morgan fingerprint density at radius 1 is 1.11 bits per heavy atom. The van der Waals surface area contributed by atoms with Gasteiger partial charge < -0.3 is 5.32 Å². The SMILES string of the molecule is Cc1cccc(C)c1C(=O)Nc1cccc(CBr)c1. The van der Waals surface area contributed by atoms with Crippen LogP contribution >= 0.6 is 15.9 Å². The first-order chi connectivity index (χ1) is 9.11. The molecular weight excluding hydrogens is 302 g/mol. The Balaban J connectivity index is 2.26. The molecule has 0 aliphatic heterocycles. The highest BCUT2D eigenvalue weighted by molar-refractivity contribution is 9.08. The van der Waals surface area contributed by atoms with Crippen molar-refractivity contribution in [3.05, 3.63) is 64.7 Å². The molecule has 0 bridgehead atoms. The molecule has 1 amide bonds. The molecule has 3 heteroatoms. The number of aryl methyl sites for hydroxylation is 2. The van der Waals surface area contributed by atoms with Gasteiger partial charge in [0.05, 0.1) is 0 Å². The molecule has 98 valence electrons. The normalized spacial score (nSPS) is 10.3. The average Bonchev–Trinajstić information content (AvgIpc) is 2.38. The molecule has 19 heavy (non-hydrogen) atoms. The highest BCUT2D eigenvalue weighted by atomic mass is 79.9. The van der Waals surface area contributed by atoms with Crippen molar-refractivity contribution in [3.63, 3.8) is 0 Å². The molecule has 2 aromatic rings. The molecule has 2 aromatic carbocycles. The van der Waals surface area contributed by atoms with Gasteiger partial charge in [0, 0.05) is 16.6 Å². The van der Waals surface area contributed by atoms with Gasteiger partial charge in [0.25, 0.3) is 5.91 Å². The second-order valence-corrected chi connectivity index (χ2v) is 5.12. The Kier molecular flexibility index (Phi) is 4.38. The third-order valence-corrected chi connectivity index (χ3v) is 3.69. The number of benzene rings is 2. The van der Waals surface area contributed by atoms with E-state index in [0.29, 0.717) is 0 Å². The van der Waals surface area contributed by atoms with Crippen LogP contribution in [0.4, 0.5) is 5.69 Å². The van der Waals surface area contributed by atoms with Crippen molar-refractivity contribution in [2.45, 2.75) is 19.2 Å². The number of rotatable bonds is 3. The predicted molar refractivity (Wildman–Crippen MR) is 82.9 cm³/mol. The molecule has 1 N–H and O–H groups in total. The van der Waals surface area contributed by atoms with Crippen molar-refractivity contribution in [1.82, 2.24) is 0 Å². The van der Waals surface area contributed by atoms with Crippen LogP contribution in [-0.2, 0) is 5.33 Å². The van der Waals surface area contributed by atoms with Crippen LogP contribution in [0.15, 0.2) is 42.5 Å². The van der Waals surface area contributed by atoms with E-state index in [2.05, 4.69) is 21.2 Å². The lowest BCUT2D eigenvalue weighted by atomic mass is 10.0. The van der Waals surface area contributed by atoms with Crippen LogP contribution in [0.1, 0.15) is 27.0 Å². The fraction of sp³-hybridized carbons (Fsp3) is 0.188. The number of hydrogen-bond acceptors (Lipinski definition) is 1. The summed E-state index contributed by atoms with van der Waals surface area (Å²) >= 11 is 3.41. The Morgan fingerprint density at radius 3 is 2.37 bits per heavy atom. The van der Waals surface area contributed by atoms with E-state index in [1.165, 1.54) is 0 Å². The molecule has 0 aliphatic rings. The number of halogens is 1. The minimum atomic E-state index is -0.0534. The van der Waals surface area contributed by atoms with Crippen LogP contribution in [0.25, 0.3) is 0 Å². The minimum absolute atomic E-state index is 0.0534. The molecule has 2 nitrogen and oxygen atoms in total. The van der Waals surface area contributed by atoms with E-state index >= 15 is 0 Å². The summed E-state index contributed by atoms with van der Waals surface area (Å²) in [7, 11) is 0. The fourth-order valence-electron chi connectivity index (χ4n) is 2.10. The van der Waals surface area contributed by atoms with Crippen LogP contribution in [0, 0.1) is 13.8 Å². The van der Waals surface area contributed by atoms with Crippen LogP contribution in [-0.4, -0.2) is 5.91 Å². The second-order valence-electron chi connectivity index (χ2n) is 4.55. The molecule has 0 spiro atoms. The molecule has 0 saturated carbocycles. The third-order valence-electron chi connectivity index (χ3n) is 3.05. The second kappa shape index (κ2) is 6.02. The topological polar surface area (TPSA) is 29.1 Å². The number of hydrogen-bond donors (Lipinski definition) is 1. The molecule has 0 aliphatic carbocycles. The minimum Gasteiger partial charge on any atom is -0.322 e. The van der Waals surface area contributed by atoms with Crippen LogP contribution in [0.3, 0.4) is 0 Å². The Labute approximate surface area is 122 Å². The van der Waals surface area contributed by atoms with E-state index in [1.54, 1.807) is 0 Å². The molecular formula is C16H16BrNO. The van der Waals surface area contributed by atoms with Gasteiger partial charge >= 0.3 is 0 Å². The van der Waals surface area contributed by atoms with Gasteiger partial charge in [-0.05, 0) is 42.7 Å². The molecule has 0 aromatic heterocycles. The number of anilines is 1. The lowest BCUT2D eigenvalue weighted by molar-refractivity contribution is 0.102. The molecule has 2 rings (SSSR count). The standard InChI is InChI=1S/C16H16BrNO/c1-11-5-3-6-12(2)15(11)16(19)18-14-8-4-7-13(9-14)10-17/h3-9H,10H2,1-2H3,(H,18,19). The number of nitrogens with one attached hydrogen (secondary N) is 1. The molecule has 0 fully saturated rings. The maximum absolute atomic E-state index is 12.3. The van der Waals surface area contributed by atoms with E-state index in [0.717, 1.165) is 33.3 Å². The van der Waals surface area contributed by atoms with Crippen molar-refractivity contribution in [2.75, 3.05) is 5.32 Å². The smallest absolute Gasteiger partial charge is 0.256 e. The number of carbonyl (C=O) groups is 1. The zero-order valence-electron chi connectivity index (χ0n) is 11.0. The Hall–Kier alpha value is -1.61. The maximum atomic E-state index is 12.3. The van der Waals surface area contributed by atoms with Crippen molar-refractivity contribution >= 4 is 27.5 Å². The summed E-state index contributed by atoms with van der Waals surface area (Å²) in [6.45, 7) is 3.91. The van der Waals surface area contributed by atoms with Gasteiger partial charge in [0.1, 0.15) is 0 Å². The predicted octanol–water partition coefficient (Wildman–Crippen LogP) is 4.45. The lowest BCUT2D eigenvalue weighted by Crippen LogP contribution is -2.15.